The lowest BCUT2D eigenvalue weighted by Gasteiger charge is -2.29. The smallest absolute Gasteiger partial charge is 0.229 e. The monoisotopic (exact) mass is 455 g/mol. The molecule has 6 rings (SSSR count). The standard InChI is InChI=1S/C26H22FN5O2/c1-16(24-20-6-9-34-26(20)31-15-29-24)17-2-5-22(27)21(12-17)25-19-4-3-18(13-23(19)28-14-30-25)32-7-10-33-11-8-32/h2-6,9,12-16H,7-8,10-11H2,1H3. The molecule has 1 aliphatic heterocycles. The summed E-state index contributed by atoms with van der Waals surface area (Å²) in [6, 6.07) is 13.0. The molecule has 170 valence electrons. The number of nitrogens with zero attached hydrogens (tertiary/aromatic N) is 5. The molecular weight excluding hydrogens is 433 g/mol. The quantitative estimate of drug-likeness (QED) is 0.379. The maximum atomic E-state index is 15.1. The number of ether oxygens (including phenoxy) is 1. The van der Waals surface area contributed by atoms with Crippen LogP contribution in [0.15, 0.2) is 65.8 Å². The molecule has 3 aromatic heterocycles. The number of anilines is 1. The van der Waals surface area contributed by atoms with Crippen LogP contribution < -0.4 is 4.90 Å². The lowest BCUT2D eigenvalue weighted by molar-refractivity contribution is 0.122. The van der Waals surface area contributed by atoms with Crippen molar-refractivity contribution in [3.8, 4) is 11.3 Å². The molecule has 1 unspecified atom stereocenters. The van der Waals surface area contributed by atoms with E-state index in [2.05, 4.69) is 24.8 Å². The van der Waals surface area contributed by atoms with Crippen LogP contribution in [0.5, 0.6) is 0 Å². The molecule has 1 atom stereocenters. The number of morpholine rings is 1. The molecule has 0 aliphatic carbocycles. The van der Waals surface area contributed by atoms with Gasteiger partial charge in [0.15, 0.2) is 0 Å². The molecular formula is C26H22FN5O2. The molecule has 2 aromatic carbocycles. The minimum atomic E-state index is -0.329. The normalized spacial score (nSPS) is 15.2. The van der Waals surface area contributed by atoms with Gasteiger partial charge in [0.25, 0.3) is 0 Å². The van der Waals surface area contributed by atoms with E-state index in [0.717, 1.165) is 46.3 Å². The fraction of sp³-hybridized carbons (Fsp3) is 0.231. The number of hydrogen-bond acceptors (Lipinski definition) is 7. The van der Waals surface area contributed by atoms with Crippen molar-refractivity contribution >= 4 is 27.7 Å². The summed E-state index contributed by atoms with van der Waals surface area (Å²) in [6.45, 7) is 5.13. The van der Waals surface area contributed by atoms with Gasteiger partial charge < -0.3 is 14.1 Å². The summed E-state index contributed by atoms with van der Waals surface area (Å²) in [6.07, 6.45) is 4.59. The molecule has 0 bridgehead atoms. The summed E-state index contributed by atoms with van der Waals surface area (Å²) in [5.74, 6) is -0.423. The Labute approximate surface area is 195 Å². The number of benzene rings is 2. The summed E-state index contributed by atoms with van der Waals surface area (Å²) in [5, 5.41) is 1.66. The lowest BCUT2D eigenvalue weighted by Crippen LogP contribution is -2.36. The highest BCUT2D eigenvalue weighted by Gasteiger charge is 2.19. The summed E-state index contributed by atoms with van der Waals surface area (Å²) in [5.41, 5.74) is 5.17. The van der Waals surface area contributed by atoms with Crippen LogP contribution in [-0.2, 0) is 4.74 Å². The van der Waals surface area contributed by atoms with Crippen LogP contribution in [0.3, 0.4) is 0 Å². The van der Waals surface area contributed by atoms with E-state index in [-0.39, 0.29) is 11.7 Å². The van der Waals surface area contributed by atoms with E-state index < -0.39 is 0 Å². The largest absolute Gasteiger partial charge is 0.446 e. The minimum absolute atomic E-state index is 0.0940. The third kappa shape index (κ3) is 3.56. The average molecular weight is 455 g/mol. The molecule has 1 saturated heterocycles. The fourth-order valence-electron chi connectivity index (χ4n) is 4.58. The van der Waals surface area contributed by atoms with Gasteiger partial charge in [0.2, 0.25) is 5.71 Å². The van der Waals surface area contributed by atoms with Crippen LogP contribution >= 0.6 is 0 Å². The first-order valence-corrected chi connectivity index (χ1v) is 11.2. The first-order valence-electron chi connectivity index (χ1n) is 11.2. The van der Waals surface area contributed by atoms with E-state index in [1.54, 1.807) is 12.3 Å². The average Bonchev–Trinajstić information content (AvgIpc) is 3.38. The van der Waals surface area contributed by atoms with E-state index in [4.69, 9.17) is 9.15 Å². The summed E-state index contributed by atoms with van der Waals surface area (Å²) < 4.78 is 26.0. The zero-order valence-electron chi connectivity index (χ0n) is 18.6. The number of rotatable bonds is 4. The van der Waals surface area contributed by atoms with Gasteiger partial charge in [-0.2, -0.15) is 0 Å². The maximum Gasteiger partial charge on any atom is 0.229 e. The molecule has 0 N–H and O–H groups in total. The highest BCUT2D eigenvalue weighted by molar-refractivity contribution is 5.94. The molecule has 0 spiro atoms. The molecule has 1 fully saturated rings. The van der Waals surface area contributed by atoms with Crippen molar-refractivity contribution in [3.63, 3.8) is 0 Å². The molecule has 0 radical (unpaired) electrons. The summed E-state index contributed by atoms with van der Waals surface area (Å²) in [7, 11) is 0. The number of halogens is 1. The van der Waals surface area contributed by atoms with Crippen molar-refractivity contribution in [3.05, 3.63) is 78.5 Å². The van der Waals surface area contributed by atoms with Gasteiger partial charge in [-0.15, -0.1) is 0 Å². The van der Waals surface area contributed by atoms with Crippen molar-refractivity contribution in [1.82, 2.24) is 19.9 Å². The molecule has 0 amide bonds. The van der Waals surface area contributed by atoms with Gasteiger partial charge in [0, 0.05) is 35.6 Å². The Balaban J connectivity index is 1.42. The van der Waals surface area contributed by atoms with Crippen molar-refractivity contribution in [1.29, 1.82) is 0 Å². The van der Waals surface area contributed by atoms with Crippen LogP contribution in [0.4, 0.5) is 10.1 Å². The van der Waals surface area contributed by atoms with Crippen LogP contribution in [-0.4, -0.2) is 46.2 Å². The minimum Gasteiger partial charge on any atom is -0.446 e. The van der Waals surface area contributed by atoms with Crippen molar-refractivity contribution in [2.45, 2.75) is 12.8 Å². The van der Waals surface area contributed by atoms with Gasteiger partial charge >= 0.3 is 0 Å². The molecule has 7 nitrogen and oxygen atoms in total. The van der Waals surface area contributed by atoms with Crippen molar-refractivity contribution in [2.24, 2.45) is 0 Å². The molecule has 1 aliphatic rings. The van der Waals surface area contributed by atoms with E-state index in [9.17, 15) is 0 Å². The zero-order valence-corrected chi connectivity index (χ0v) is 18.6. The number of hydrogen-bond donors (Lipinski definition) is 0. The Morgan fingerprint density at radius 3 is 2.65 bits per heavy atom. The number of aromatic nitrogens is 4. The van der Waals surface area contributed by atoms with E-state index in [1.807, 2.05) is 37.3 Å². The molecule has 8 heteroatoms. The summed E-state index contributed by atoms with van der Waals surface area (Å²) in [4.78, 5) is 19.9. The van der Waals surface area contributed by atoms with E-state index in [0.29, 0.717) is 30.2 Å². The first kappa shape index (κ1) is 20.7. The van der Waals surface area contributed by atoms with Crippen molar-refractivity contribution in [2.75, 3.05) is 31.2 Å². The highest BCUT2D eigenvalue weighted by Crippen LogP contribution is 2.34. The molecule has 4 heterocycles. The Morgan fingerprint density at radius 2 is 1.76 bits per heavy atom. The third-order valence-electron chi connectivity index (χ3n) is 6.44. The number of furan rings is 1. The fourth-order valence-corrected chi connectivity index (χ4v) is 4.58. The Morgan fingerprint density at radius 1 is 0.912 bits per heavy atom. The van der Waals surface area contributed by atoms with E-state index >= 15 is 4.39 Å². The predicted octanol–water partition coefficient (Wildman–Crippen LogP) is 4.96. The topological polar surface area (TPSA) is 77.2 Å². The van der Waals surface area contributed by atoms with Gasteiger partial charge in [-0.05, 0) is 42.0 Å². The van der Waals surface area contributed by atoms with Crippen LogP contribution in [0.2, 0.25) is 0 Å². The maximum absolute atomic E-state index is 15.1. The highest BCUT2D eigenvalue weighted by atomic mass is 19.1. The Bertz CT molecular complexity index is 1500. The van der Waals surface area contributed by atoms with Gasteiger partial charge in [0.05, 0.1) is 41.8 Å². The second-order valence-corrected chi connectivity index (χ2v) is 8.38. The summed E-state index contributed by atoms with van der Waals surface area (Å²) >= 11 is 0. The zero-order chi connectivity index (χ0) is 23.1. The van der Waals surface area contributed by atoms with Gasteiger partial charge in [-0.25, -0.2) is 24.3 Å². The van der Waals surface area contributed by atoms with Gasteiger partial charge in [-0.1, -0.05) is 13.0 Å². The van der Waals surface area contributed by atoms with Gasteiger partial charge in [0.1, 0.15) is 18.5 Å². The molecule has 34 heavy (non-hydrogen) atoms. The Kier molecular flexibility index (Phi) is 5.15. The van der Waals surface area contributed by atoms with E-state index in [1.165, 1.54) is 18.7 Å². The Hall–Kier alpha value is -3.91. The SMILES string of the molecule is CC(c1ccc(F)c(-c2ncnc3cc(N4CCOCC4)ccc23)c1)c1ncnc2occc12. The predicted molar refractivity (Wildman–Crippen MR) is 127 cm³/mol. The second-order valence-electron chi connectivity index (χ2n) is 8.38. The van der Waals surface area contributed by atoms with Crippen LogP contribution in [0.25, 0.3) is 33.3 Å². The van der Waals surface area contributed by atoms with Crippen LogP contribution in [0.1, 0.15) is 24.1 Å². The molecule has 5 aromatic rings. The van der Waals surface area contributed by atoms with Crippen molar-refractivity contribution < 1.29 is 13.5 Å². The van der Waals surface area contributed by atoms with Crippen LogP contribution in [0, 0.1) is 5.82 Å². The molecule has 0 saturated carbocycles. The number of fused-ring (bicyclic) bond motifs is 2. The third-order valence-corrected chi connectivity index (χ3v) is 6.44. The second kappa shape index (κ2) is 8.46. The first-order chi connectivity index (χ1) is 16.7. The lowest BCUT2D eigenvalue weighted by atomic mass is 9.93. The van der Waals surface area contributed by atoms with Gasteiger partial charge in [-0.3, -0.25) is 0 Å².